The summed E-state index contributed by atoms with van der Waals surface area (Å²) in [4.78, 5) is 24.0. The van der Waals surface area contributed by atoms with Crippen LogP contribution in [0.1, 0.15) is 17.7 Å². The molecule has 0 saturated heterocycles. The summed E-state index contributed by atoms with van der Waals surface area (Å²) < 4.78 is 1.72. The van der Waals surface area contributed by atoms with Crippen LogP contribution in [0.4, 0.5) is 4.79 Å². The lowest BCUT2D eigenvalue weighted by Gasteiger charge is -2.15. The Bertz CT molecular complexity index is 644. The number of hydrogen-bond acceptors (Lipinski definition) is 5. The fraction of sp³-hybridized carbons (Fsp3) is 0.286. The maximum atomic E-state index is 12.4. The van der Waals surface area contributed by atoms with Gasteiger partial charge in [-0.2, -0.15) is 0 Å². The predicted molar refractivity (Wildman–Crippen MR) is 83.3 cm³/mol. The molecule has 7 nitrogen and oxygen atoms in total. The monoisotopic (exact) mass is 319 g/mol. The molecule has 0 spiro atoms. The van der Waals surface area contributed by atoms with Crippen molar-refractivity contribution in [3.05, 3.63) is 42.2 Å². The minimum absolute atomic E-state index is 0.398. The van der Waals surface area contributed by atoms with Crippen LogP contribution >= 0.6 is 11.8 Å². The first-order chi connectivity index (χ1) is 10.6. The second-order valence-corrected chi connectivity index (χ2v) is 5.55. The molecule has 0 fully saturated rings. The summed E-state index contributed by atoms with van der Waals surface area (Å²) in [5.74, 6) is -0.398. The molecule has 0 unspecified atom stereocenters. The highest BCUT2D eigenvalue weighted by Crippen LogP contribution is 2.33. The fourth-order valence-corrected chi connectivity index (χ4v) is 2.75. The number of thioether (sulfide) groups is 1. The van der Waals surface area contributed by atoms with Crippen molar-refractivity contribution < 1.29 is 9.59 Å². The zero-order valence-electron chi connectivity index (χ0n) is 12.3. The average molecular weight is 319 g/mol. The van der Waals surface area contributed by atoms with Crippen molar-refractivity contribution in [2.45, 2.75) is 17.3 Å². The van der Waals surface area contributed by atoms with Gasteiger partial charge < -0.3 is 9.88 Å². The molecule has 3 amide bonds. The lowest BCUT2D eigenvalue weighted by molar-refractivity contribution is -0.119. The highest BCUT2D eigenvalue weighted by atomic mass is 32.2. The number of nitrogens with one attached hydrogen (secondary N) is 2. The number of hydrogen-bond donors (Lipinski definition) is 2. The Labute approximate surface area is 132 Å². The van der Waals surface area contributed by atoms with Crippen molar-refractivity contribution in [2.24, 2.45) is 7.05 Å². The molecular formula is C14H17N5O2S. The van der Waals surface area contributed by atoms with Gasteiger partial charge in [-0.25, -0.2) is 4.79 Å². The van der Waals surface area contributed by atoms with Crippen molar-refractivity contribution >= 4 is 23.7 Å². The molecule has 1 atom stereocenters. The third-order valence-corrected chi connectivity index (χ3v) is 4.11. The summed E-state index contributed by atoms with van der Waals surface area (Å²) in [6.07, 6.45) is 1.56. The van der Waals surface area contributed by atoms with Crippen LogP contribution in [-0.4, -0.2) is 33.2 Å². The van der Waals surface area contributed by atoms with Crippen molar-refractivity contribution in [1.29, 1.82) is 0 Å². The molecule has 2 N–H and O–H groups in total. The van der Waals surface area contributed by atoms with Gasteiger partial charge in [-0.1, -0.05) is 42.1 Å². The average Bonchev–Trinajstić information content (AvgIpc) is 2.91. The Morgan fingerprint density at radius 1 is 1.32 bits per heavy atom. The van der Waals surface area contributed by atoms with Gasteiger partial charge in [0.2, 0.25) is 5.91 Å². The Balaban J connectivity index is 2.20. The number of imide groups is 1. The number of carbonyl (C=O) groups is 2. The Kier molecular flexibility index (Phi) is 5.54. The van der Waals surface area contributed by atoms with E-state index in [0.29, 0.717) is 11.7 Å². The normalized spacial score (nSPS) is 11.7. The lowest BCUT2D eigenvalue weighted by atomic mass is 10.1. The highest BCUT2D eigenvalue weighted by Gasteiger charge is 2.25. The smallest absolute Gasteiger partial charge is 0.321 e. The van der Waals surface area contributed by atoms with Gasteiger partial charge in [0.15, 0.2) is 5.16 Å². The van der Waals surface area contributed by atoms with E-state index in [0.717, 1.165) is 5.56 Å². The van der Waals surface area contributed by atoms with Crippen molar-refractivity contribution in [3.63, 3.8) is 0 Å². The first-order valence-corrected chi connectivity index (χ1v) is 7.64. The number of amides is 3. The molecule has 0 aliphatic carbocycles. The third kappa shape index (κ3) is 4.08. The number of nitrogens with zero attached hydrogens (tertiary/aromatic N) is 3. The first kappa shape index (κ1) is 16.0. The van der Waals surface area contributed by atoms with E-state index in [1.54, 1.807) is 24.9 Å². The Morgan fingerprint density at radius 3 is 2.64 bits per heavy atom. The van der Waals surface area contributed by atoms with Gasteiger partial charge >= 0.3 is 6.03 Å². The van der Waals surface area contributed by atoms with Gasteiger partial charge in [-0.05, 0) is 12.5 Å². The largest absolute Gasteiger partial charge is 0.338 e. The van der Waals surface area contributed by atoms with Gasteiger partial charge in [0.1, 0.15) is 11.6 Å². The molecule has 0 saturated carbocycles. The molecule has 2 aromatic rings. The van der Waals surface area contributed by atoms with Crippen molar-refractivity contribution in [1.82, 2.24) is 25.4 Å². The van der Waals surface area contributed by atoms with Gasteiger partial charge in [0.05, 0.1) is 0 Å². The highest BCUT2D eigenvalue weighted by molar-refractivity contribution is 8.00. The maximum Gasteiger partial charge on any atom is 0.321 e. The van der Waals surface area contributed by atoms with Gasteiger partial charge in [0.25, 0.3) is 0 Å². The van der Waals surface area contributed by atoms with E-state index in [1.807, 2.05) is 30.3 Å². The second kappa shape index (κ2) is 7.60. The van der Waals surface area contributed by atoms with Crippen LogP contribution in [0.5, 0.6) is 0 Å². The third-order valence-electron chi connectivity index (χ3n) is 2.81. The summed E-state index contributed by atoms with van der Waals surface area (Å²) in [7, 11) is 1.80. The van der Waals surface area contributed by atoms with Crippen LogP contribution in [0.25, 0.3) is 0 Å². The van der Waals surface area contributed by atoms with Crippen molar-refractivity contribution in [2.75, 3.05) is 6.54 Å². The van der Waals surface area contributed by atoms with E-state index in [1.165, 1.54) is 11.8 Å². The van der Waals surface area contributed by atoms with Gasteiger partial charge in [-0.15, -0.1) is 10.2 Å². The first-order valence-electron chi connectivity index (χ1n) is 6.76. The summed E-state index contributed by atoms with van der Waals surface area (Å²) in [6, 6.07) is 8.73. The molecule has 0 aliphatic rings. The predicted octanol–water partition coefficient (Wildman–Crippen LogP) is 1.49. The van der Waals surface area contributed by atoms with Crippen LogP contribution in [0.2, 0.25) is 0 Å². The van der Waals surface area contributed by atoms with Crippen LogP contribution in [0.15, 0.2) is 41.8 Å². The van der Waals surface area contributed by atoms with E-state index in [9.17, 15) is 9.59 Å². The molecule has 1 aromatic heterocycles. The van der Waals surface area contributed by atoms with E-state index < -0.39 is 17.2 Å². The van der Waals surface area contributed by atoms with E-state index in [2.05, 4.69) is 20.8 Å². The van der Waals surface area contributed by atoms with Gasteiger partial charge in [-0.3, -0.25) is 10.1 Å². The zero-order chi connectivity index (χ0) is 15.9. The maximum absolute atomic E-state index is 12.4. The molecule has 1 heterocycles. The van der Waals surface area contributed by atoms with Crippen LogP contribution in [0.3, 0.4) is 0 Å². The quantitative estimate of drug-likeness (QED) is 0.815. The summed E-state index contributed by atoms with van der Waals surface area (Å²) >= 11 is 1.24. The zero-order valence-corrected chi connectivity index (χ0v) is 13.1. The SMILES string of the molecule is CCNC(=O)NC(=O)[C@@H](Sc1nncn1C)c1ccccc1. The van der Waals surface area contributed by atoms with Crippen LogP contribution in [0, 0.1) is 0 Å². The second-order valence-electron chi connectivity index (χ2n) is 4.48. The Morgan fingerprint density at radius 2 is 2.05 bits per heavy atom. The topological polar surface area (TPSA) is 88.9 Å². The van der Waals surface area contributed by atoms with Crippen LogP contribution in [-0.2, 0) is 11.8 Å². The molecular weight excluding hydrogens is 302 g/mol. The number of urea groups is 1. The number of aryl methyl sites for hydroxylation is 1. The molecule has 0 bridgehead atoms. The number of benzene rings is 1. The molecule has 2 rings (SSSR count). The number of rotatable bonds is 5. The summed E-state index contributed by atoms with van der Waals surface area (Å²) in [6.45, 7) is 2.23. The lowest BCUT2D eigenvalue weighted by Crippen LogP contribution is -2.41. The van der Waals surface area contributed by atoms with E-state index in [4.69, 9.17) is 0 Å². The molecule has 1 aromatic carbocycles. The summed E-state index contributed by atoms with van der Waals surface area (Å²) in [5, 5.41) is 12.7. The van der Waals surface area contributed by atoms with Crippen LogP contribution < -0.4 is 10.6 Å². The molecule has 116 valence electrons. The summed E-state index contributed by atoms with van der Waals surface area (Å²) in [5.41, 5.74) is 0.789. The fourth-order valence-electron chi connectivity index (χ4n) is 1.77. The van der Waals surface area contributed by atoms with E-state index >= 15 is 0 Å². The molecule has 0 aliphatic heterocycles. The molecule has 8 heteroatoms. The number of aromatic nitrogens is 3. The molecule has 22 heavy (non-hydrogen) atoms. The number of carbonyl (C=O) groups excluding carboxylic acids is 2. The van der Waals surface area contributed by atoms with E-state index in [-0.39, 0.29) is 0 Å². The van der Waals surface area contributed by atoms with Crippen molar-refractivity contribution in [3.8, 4) is 0 Å². The van der Waals surface area contributed by atoms with Gasteiger partial charge in [0, 0.05) is 13.6 Å². The minimum atomic E-state index is -0.591. The Hall–Kier alpha value is -2.35. The molecule has 0 radical (unpaired) electrons. The minimum Gasteiger partial charge on any atom is -0.338 e. The standard InChI is InChI=1S/C14H17N5O2S/c1-3-15-13(21)17-12(20)11(10-7-5-4-6-8-10)22-14-18-16-9-19(14)2/h4-9,11H,3H2,1-2H3,(H2,15,17,20,21)/t11-/m0/s1.